The van der Waals surface area contributed by atoms with E-state index < -0.39 is 35.4 Å². The third-order valence-electron chi connectivity index (χ3n) is 4.13. The van der Waals surface area contributed by atoms with Crippen molar-refractivity contribution in [2.75, 3.05) is 0 Å². The van der Waals surface area contributed by atoms with Crippen LogP contribution in [0.25, 0.3) is 0 Å². The quantitative estimate of drug-likeness (QED) is 0.632. The molecule has 2 aromatic carbocycles. The van der Waals surface area contributed by atoms with E-state index in [1.54, 1.807) is 32.9 Å². The second-order valence-corrected chi connectivity index (χ2v) is 7.98. The molecule has 0 saturated heterocycles. The number of carbonyl (C=O) groups excluding carboxylic acids is 2. The van der Waals surface area contributed by atoms with Crippen molar-refractivity contribution in [3.05, 3.63) is 65.2 Å². The zero-order chi connectivity index (χ0) is 23.2. The third-order valence-corrected chi connectivity index (χ3v) is 4.13. The van der Waals surface area contributed by atoms with E-state index in [4.69, 9.17) is 4.74 Å². The summed E-state index contributed by atoms with van der Waals surface area (Å²) in [5.41, 5.74) is -0.380. The lowest BCUT2D eigenvalue weighted by molar-refractivity contribution is -0.137. The third kappa shape index (κ3) is 8.19. The number of aromatic hydroxyl groups is 1. The van der Waals surface area contributed by atoms with Crippen molar-refractivity contribution >= 4 is 12.0 Å². The van der Waals surface area contributed by atoms with E-state index in [9.17, 15) is 27.9 Å². The molecular weight excluding hydrogens is 413 g/mol. The summed E-state index contributed by atoms with van der Waals surface area (Å²) in [4.78, 5) is 24.9. The Morgan fingerprint density at radius 1 is 0.968 bits per heavy atom. The van der Waals surface area contributed by atoms with Crippen molar-refractivity contribution in [2.24, 2.45) is 0 Å². The summed E-state index contributed by atoms with van der Waals surface area (Å²) in [6, 6.07) is 9.58. The maximum atomic E-state index is 12.7. The lowest BCUT2D eigenvalue weighted by Crippen LogP contribution is -2.49. The van der Waals surface area contributed by atoms with Gasteiger partial charge >= 0.3 is 12.3 Å². The molecule has 0 aliphatic heterocycles. The number of nitrogens with one attached hydrogen (secondary N) is 2. The Balaban J connectivity index is 2.07. The highest BCUT2D eigenvalue weighted by atomic mass is 19.4. The van der Waals surface area contributed by atoms with E-state index in [0.717, 1.165) is 12.1 Å². The van der Waals surface area contributed by atoms with Crippen LogP contribution in [-0.2, 0) is 28.7 Å². The van der Waals surface area contributed by atoms with Crippen LogP contribution in [-0.4, -0.2) is 28.7 Å². The molecule has 0 radical (unpaired) electrons. The molecular formula is C22H25F3N2O4. The zero-order valence-electron chi connectivity index (χ0n) is 17.4. The van der Waals surface area contributed by atoms with Crippen molar-refractivity contribution < 1.29 is 32.6 Å². The largest absolute Gasteiger partial charge is 0.508 e. The number of hydrogen-bond donors (Lipinski definition) is 3. The highest BCUT2D eigenvalue weighted by Crippen LogP contribution is 2.29. The average molecular weight is 438 g/mol. The Hall–Kier alpha value is -3.23. The van der Waals surface area contributed by atoms with Crippen LogP contribution in [0.2, 0.25) is 0 Å². The van der Waals surface area contributed by atoms with Crippen molar-refractivity contribution in [3.63, 3.8) is 0 Å². The predicted molar refractivity (Wildman–Crippen MR) is 108 cm³/mol. The van der Waals surface area contributed by atoms with Crippen LogP contribution < -0.4 is 10.6 Å². The van der Waals surface area contributed by atoms with Gasteiger partial charge in [-0.3, -0.25) is 4.79 Å². The van der Waals surface area contributed by atoms with Gasteiger partial charge in [0.25, 0.3) is 0 Å². The predicted octanol–water partition coefficient (Wildman–Crippen LogP) is 4.16. The minimum atomic E-state index is -4.44. The number of phenolic OH excluding ortho intramolecular Hbond substituents is 1. The maximum Gasteiger partial charge on any atom is 0.416 e. The molecule has 0 fully saturated rings. The van der Waals surface area contributed by atoms with E-state index in [1.165, 1.54) is 24.3 Å². The molecule has 9 heteroatoms. The molecule has 0 bridgehead atoms. The van der Waals surface area contributed by atoms with Gasteiger partial charge in [0.05, 0.1) is 5.56 Å². The summed E-state index contributed by atoms with van der Waals surface area (Å²) < 4.78 is 43.2. The second kappa shape index (κ2) is 9.72. The lowest BCUT2D eigenvalue weighted by Gasteiger charge is -2.23. The van der Waals surface area contributed by atoms with Gasteiger partial charge < -0.3 is 20.5 Å². The van der Waals surface area contributed by atoms with E-state index in [2.05, 4.69) is 10.6 Å². The molecule has 2 aromatic rings. The highest BCUT2D eigenvalue weighted by Gasteiger charge is 2.30. The number of ether oxygens (including phenoxy) is 1. The molecule has 0 unspecified atom stereocenters. The summed E-state index contributed by atoms with van der Waals surface area (Å²) in [6.45, 7) is 5.05. The van der Waals surface area contributed by atoms with Gasteiger partial charge in [0.2, 0.25) is 5.91 Å². The summed E-state index contributed by atoms with van der Waals surface area (Å²) in [7, 11) is 0. The molecule has 2 rings (SSSR count). The van der Waals surface area contributed by atoms with E-state index in [-0.39, 0.29) is 18.7 Å². The molecule has 31 heavy (non-hydrogen) atoms. The normalized spacial score (nSPS) is 12.7. The van der Waals surface area contributed by atoms with Gasteiger partial charge in [-0.1, -0.05) is 24.3 Å². The Kier molecular flexibility index (Phi) is 7.54. The van der Waals surface area contributed by atoms with Crippen molar-refractivity contribution in [2.45, 2.75) is 51.6 Å². The molecule has 2 amide bonds. The first kappa shape index (κ1) is 24.0. The maximum absolute atomic E-state index is 12.7. The monoisotopic (exact) mass is 438 g/mol. The Morgan fingerprint density at radius 3 is 2.03 bits per heavy atom. The number of hydrogen-bond acceptors (Lipinski definition) is 4. The van der Waals surface area contributed by atoms with Gasteiger partial charge in [0.15, 0.2) is 0 Å². The van der Waals surface area contributed by atoms with Gasteiger partial charge in [0, 0.05) is 13.0 Å². The lowest BCUT2D eigenvalue weighted by atomic mass is 10.0. The number of alkyl halides is 3. The number of amides is 2. The standard InChI is InChI=1S/C22H25F3N2O4/c1-21(2,3)31-20(30)27-18(12-14-6-10-17(28)11-7-14)19(29)26-13-15-4-8-16(9-5-15)22(23,24)25/h4-11,18,28H,12-13H2,1-3H3,(H,26,29)(H,27,30)/t18-/m0/s1. The molecule has 168 valence electrons. The fourth-order valence-corrected chi connectivity index (χ4v) is 2.65. The van der Waals surface area contributed by atoms with Gasteiger partial charge in [-0.2, -0.15) is 13.2 Å². The Morgan fingerprint density at radius 2 is 1.52 bits per heavy atom. The topological polar surface area (TPSA) is 87.7 Å². The molecule has 1 atom stereocenters. The van der Waals surface area contributed by atoms with Crippen LogP contribution in [0.15, 0.2) is 48.5 Å². The molecule has 0 aromatic heterocycles. The Labute approximate surface area is 178 Å². The minimum absolute atomic E-state index is 0.0148. The van der Waals surface area contributed by atoms with Gasteiger partial charge in [-0.15, -0.1) is 0 Å². The van der Waals surface area contributed by atoms with Crippen LogP contribution in [0.4, 0.5) is 18.0 Å². The first-order chi connectivity index (χ1) is 14.3. The van der Waals surface area contributed by atoms with Gasteiger partial charge in [-0.25, -0.2) is 4.79 Å². The van der Waals surface area contributed by atoms with Crippen molar-refractivity contribution in [3.8, 4) is 5.75 Å². The van der Waals surface area contributed by atoms with Gasteiger partial charge in [0.1, 0.15) is 17.4 Å². The molecule has 6 nitrogen and oxygen atoms in total. The molecule has 0 aliphatic rings. The van der Waals surface area contributed by atoms with Crippen LogP contribution in [0.1, 0.15) is 37.5 Å². The van der Waals surface area contributed by atoms with E-state index in [0.29, 0.717) is 11.1 Å². The number of benzene rings is 2. The number of carbonyl (C=O) groups is 2. The number of phenols is 1. The van der Waals surface area contributed by atoms with Gasteiger partial charge in [-0.05, 0) is 56.2 Å². The number of alkyl carbamates (subject to hydrolysis) is 1. The minimum Gasteiger partial charge on any atom is -0.508 e. The Bertz CT molecular complexity index is 889. The van der Waals surface area contributed by atoms with Crippen molar-refractivity contribution in [1.29, 1.82) is 0 Å². The zero-order valence-corrected chi connectivity index (χ0v) is 17.4. The van der Waals surface area contributed by atoms with Crippen LogP contribution in [0, 0.1) is 0 Å². The van der Waals surface area contributed by atoms with E-state index >= 15 is 0 Å². The first-order valence-corrected chi connectivity index (χ1v) is 9.55. The molecule has 3 N–H and O–H groups in total. The number of rotatable bonds is 6. The first-order valence-electron chi connectivity index (χ1n) is 9.55. The highest BCUT2D eigenvalue weighted by molar-refractivity contribution is 5.86. The summed E-state index contributed by atoms with van der Waals surface area (Å²) in [5, 5.41) is 14.5. The number of halogens is 3. The SMILES string of the molecule is CC(C)(C)OC(=O)N[C@@H](Cc1ccc(O)cc1)C(=O)NCc1ccc(C(F)(F)F)cc1. The summed E-state index contributed by atoms with van der Waals surface area (Å²) in [6.07, 6.45) is -5.09. The van der Waals surface area contributed by atoms with E-state index in [1.807, 2.05) is 0 Å². The fraction of sp³-hybridized carbons (Fsp3) is 0.364. The molecule has 0 heterocycles. The van der Waals surface area contributed by atoms with Crippen LogP contribution >= 0.6 is 0 Å². The average Bonchev–Trinajstić information content (AvgIpc) is 2.65. The van der Waals surface area contributed by atoms with Crippen molar-refractivity contribution in [1.82, 2.24) is 10.6 Å². The molecule has 0 saturated carbocycles. The molecule has 0 aliphatic carbocycles. The fourth-order valence-electron chi connectivity index (χ4n) is 2.65. The molecule has 0 spiro atoms. The van der Waals surface area contributed by atoms with Crippen LogP contribution in [0.5, 0.6) is 5.75 Å². The smallest absolute Gasteiger partial charge is 0.416 e. The second-order valence-electron chi connectivity index (χ2n) is 7.98. The summed E-state index contributed by atoms with van der Waals surface area (Å²) in [5.74, 6) is -0.467. The summed E-state index contributed by atoms with van der Waals surface area (Å²) >= 11 is 0. The van der Waals surface area contributed by atoms with Crippen LogP contribution in [0.3, 0.4) is 0 Å².